The molecule has 130 valence electrons. The molecule has 0 aliphatic carbocycles. The van der Waals surface area contributed by atoms with Gasteiger partial charge in [-0.1, -0.05) is 13.8 Å². The second-order valence-corrected chi connectivity index (χ2v) is 6.93. The van der Waals surface area contributed by atoms with Crippen molar-refractivity contribution in [3.8, 4) is 0 Å². The van der Waals surface area contributed by atoms with Gasteiger partial charge in [0.25, 0.3) is 0 Å². The summed E-state index contributed by atoms with van der Waals surface area (Å²) in [6.45, 7) is 6.23. The molecule has 0 saturated heterocycles. The maximum absolute atomic E-state index is 12.6. The van der Waals surface area contributed by atoms with E-state index in [1.54, 1.807) is 0 Å². The molecule has 2 amide bonds. The number of amides is 2. The van der Waals surface area contributed by atoms with Gasteiger partial charge in [0.2, 0.25) is 11.8 Å². The van der Waals surface area contributed by atoms with Crippen molar-refractivity contribution in [1.82, 2.24) is 0 Å². The summed E-state index contributed by atoms with van der Waals surface area (Å²) in [5.41, 5.74) is 4.80. The van der Waals surface area contributed by atoms with Gasteiger partial charge in [0.05, 0.1) is 5.69 Å². The molecule has 0 unspecified atom stereocenters. The van der Waals surface area contributed by atoms with Crippen LogP contribution in [0.4, 0.5) is 11.4 Å². The zero-order valence-corrected chi connectivity index (χ0v) is 14.9. The second-order valence-electron chi connectivity index (χ2n) is 6.93. The van der Waals surface area contributed by atoms with Gasteiger partial charge in [0.15, 0.2) is 0 Å². The van der Waals surface area contributed by atoms with E-state index < -0.39 is 0 Å². The van der Waals surface area contributed by atoms with Crippen LogP contribution >= 0.6 is 0 Å². The fourth-order valence-corrected chi connectivity index (χ4v) is 3.99. The summed E-state index contributed by atoms with van der Waals surface area (Å²) in [6.07, 6.45) is 6.78. The van der Waals surface area contributed by atoms with Crippen LogP contribution in [0.2, 0.25) is 0 Å². The van der Waals surface area contributed by atoms with E-state index in [0.717, 1.165) is 57.3 Å². The number of anilines is 2. The fourth-order valence-electron chi connectivity index (χ4n) is 3.99. The summed E-state index contributed by atoms with van der Waals surface area (Å²) in [5, 5.41) is 0. The maximum Gasteiger partial charge on any atom is 0.233 e. The van der Waals surface area contributed by atoms with Crippen LogP contribution in [0, 0.1) is 0 Å². The SMILES string of the molecule is CCCC(=O)N(C(=O)CCC)c1cc2c3c(c1)CCCN3CCC2. The molecule has 2 aliphatic heterocycles. The Kier molecular flexibility index (Phi) is 5.22. The number of rotatable bonds is 5. The average molecular weight is 328 g/mol. The van der Waals surface area contributed by atoms with Crippen LogP contribution in [0.25, 0.3) is 0 Å². The topological polar surface area (TPSA) is 40.6 Å². The Morgan fingerprint density at radius 3 is 1.92 bits per heavy atom. The van der Waals surface area contributed by atoms with Crippen molar-refractivity contribution in [2.45, 2.75) is 65.2 Å². The van der Waals surface area contributed by atoms with E-state index in [1.165, 1.54) is 21.7 Å². The summed E-state index contributed by atoms with van der Waals surface area (Å²) in [5.74, 6) is -0.127. The van der Waals surface area contributed by atoms with Crippen LogP contribution in [0.15, 0.2) is 12.1 Å². The molecule has 0 spiro atoms. The van der Waals surface area contributed by atoms with Crippen molar-refractivity contribution in [3.05, 3.63) is 23.3 Å². The lowest BCUT2D eigenvalue weighted by Gasteiger charge is -2.37. The van der Waals surface area contributed by atoms with Gasteiger partial charge < -0.3 is 4.90 Å². The first-order chi connectivity index (χ1) is 11.7. The highest BCUT2D eigenvalue weighted by Gasteiger charge is 2.28. The number of benzene rings is 1. The lowest BCUT2D eigenvalue weighted by atomic mass is 9.91. The van der Waals surface area contributed by atoms with Crippen LogP contribution in [0.3, 0.4) is 0 Å². The smallest absolute Gasteiger partial charge is 0.233 e. The van der Waals surface area contributed by atoms with Crippen molar-refractivity contribution >= 4 is 23.2 Å². The first kappa shape index (κ1) is 17.0. The number of imide groups is 1. The summed E-state index contributed by atoms with van der Waals surface area (Å²) in [6, 6.07) is 4.19. The largest absolute Gasteiger partial charge is 0.371 e. The van der Waals surface area contributed by atoms with Gasteiger partial charge >= 0.3 is 0 Å². The third-order valence-electron chi connectivity index (χ3n) is 5.00. The fraction of sp³-hybridized carbons (Fsp3) is 0.600. The first-order valence-corrected chi connectivity index (χ1v) is 9.42. The molecule has 4 nitrogen and oxygen atoms in total. The summed E-state index contributed by atoms with van der Waals surface area (Å²) >= 11 is 0. The Morgan fingerprint density at radius 1 is 0.958 bits per heavy atom. The van der Waals surface area contributed by atoms with Crippen molar-refractivity contribution < 1.29 is 9.59 Å². The van der Waals surface area contributed by atoms with E-state index in [2.05, 4.69) is 17.0 Å². The number of hydrogen-bond acceptors (Lipinski definition) is 3. The molecule has 1 aromatic carbocycles. The van der Waals surface area contributed by atoms with Crippen molar-refractivity contribution in [3.63, 3.8) is 0 Å². The van der Waals surface area contributed by atoms with Crippen molar-refractivity contribution in [1.29, 1.82) is 0 Å². The molecule has 24 heavy (non-hydrogen) atoms. The van der Waals surface area contributed by atoms with Gasteiger partial charge in [0.1, 0.15) is 0 Å². The third-order valence-corrected chi connectivity index (χ3v) is 5.00. The molecule has 0 N–H and O–H groups in total. The van der Waals surface area contributed by atoms with Crippen LogP contribution in [0.1, 0.15) is 63.5 Å². The first-order valence-electron chi connectivity index (χ1n) is 9.42. The number of hydrogen-bond donors (Lipinski definition) is 0. The Bertz CT molecular complexity index is 590. The zero-order chi connectivity index (χ0) is 17.1. The Labute approximate surface area is 144 Å². The Hall–Kier alpha value is -1.84. The normalized spacial score (nSPS) is 15.8. The van der Waals surface area contributed by atoms with Gasteiger partial charge in [-0.15, -0.1) is 0 Å². The standard InChI is InChI=1S/C20H28N2O2/c1-3-7-18(23)22(19(24)8-4-2)17-13-15-9-5-11-21-12-6-10-16(14-17)20(15)21/h13-14H,3-12H2,1-2H3. The van der Waals surface area contributed by atoms with Gasteiger partial charge in [-0.2, -0.15) is 0 Å². The lowest BCUT2D eigenvalue weighted by Crippen LogP contribution is -2.38. The molecule has 1 aromatic rings. The third kappa shape index (κ3) is 3.19. The highest BCUT2D eigenvalue weighted by atomic mass is 16.2. The highest BCUT2D eigenvalue weighted by molar-refractivity contribution is 6.15. The van der Waals surface area contributed by atoms with E-state index >= 15 is 0 Å². The molecule has 0 aromatic heterocycles. The Morgan fingerprint density at radius 2 is 1.46 bits per heavy atom. The Balaban J connectivity index is 2.02. The maximum atomic E-state index is 12.6. The van der Waals surface area contributed by atoms with E-state index in [1.807, 2.05) is 13.8 Å². The lowest BCUT2D eigenvalue weighted by molar-refractivity contribution is -0.126. The predicted octanol–water partition coefficient (Wildman–Crippen LogP) is 3.85. The molecule has 0 radical (unpaired) electrons. The minimum atomic E-state index is -0.0634. The van der Waals surface area contributed by atoms with Crippen LogP contribution in [-0.4, -0.2) is 24.9 Å². The molecule has 2 aliphatic rings. The van der Waals surface area contributed by atoms with Gasteiger partial charge in [-0.25, -0.2) is 0 Å². The van der Waals surface area contributed by atoms with Crippen molar-refractivity contribution in [2.75, 3.05) is 22.9 Å². The van der Waals surface area contributed by atoms with Crippen LogP contribution < -0.4 is 9.80 Å². The van der Waals surface area contributed by atoms with E-state index in [4.69, 9.17) is 0 Å². The van der Waals surface area contributed by atoms with Gasteiger partial charge in [0, 0.05) is 31.6 Å². The van der Waals surface area contributed by atoms with Crippen LogP contribution in [-0.2, 0) is 22.4 Å². The average Bonchev–Trinajstić information content (AvgIpc) is 2.56. The zero-order valence-electron chi connectivity index (χ0n) is 14.9. The molecule has 0 atom stereocenters. The molecule has 2 heterocycles. The van der Waals surface area contributed by atoms with Crippen molar-refractivity contribution in [2.24, 2.45) is 0 Å². The number of aryl methyl sites for hydroxylation is 2. The highest BCUT2D eigenvalue weighted by Crippen LogP contribution is 2.38. The summed E-state index contributed by atoms with van der Waals surface area (Å²) < 4.78 is 0. The minimum absolute atomic E-state index is 0.0634. The van der Waals surface area contributed by atoms with Gasteiger partial charge in [-0.3, -0.25) is 14.5 Å². The molecule has 0 fully saturated rings. The monoisotopic (exact) mass is 328 g/mol. The molecule has 3 rings (SSSR count). The van der Waals surface area contributed by atoms with Crippen LogP contribution in [0.5, 0.6) is 0 Å². The van der Waals surface area contributed by atoms with E-state index in [9.17, 15) is 9.59 Å². The molecule has 4 heteroatoms. The molecular weight excluding hydrogens is 300 g/mol. The molecule has 0 saturated carbocycles. The molecular formula is C20H28N2O2. The van der Waals surface area contributed by atoms with E-state index in [-0.39, 0.29) is 11.8 Å². The quantitative estimate of drug-likeness (QED) is 0.824. The second kappa shape index (κ2) is 7.37. The number of nitrogens with zero attached hydrogens (tertiary/aromatic N) is 2. The van der Waals surface area contributed by atoms with E-state index in [0.29, 0.717) is 12.8 Å². The number of carbonyl (C=O) groups is 2. The predicted molar refractivity (Wildman–Crippen MR) is 97.6 cm³/mol. The summed E-state index contributed by atoms with van der Waals surface area (Å²) in [4.78, 5) is 29.1. The number of carbonyl (C=O) groups excluding carboxylic acids is 2. The minimum Gasteiger partial charge on any atom is -0.371 e. The summed E-state index contributed by atoms with van der Waals surface area (Å²) in [7, 11) is 0. The molecule has 0 bridgehead atoms. The van der Waals surface area contributed by atoms with Gasteiger partial charge in [-0.05, 0) is 61.8 Å².